The van der Waals surface area contributed by atoms with Crippen molar-refractivity contribution in [1.82, 2.24) is 0 Å². The molecular weight excluding hydrogens is 524 g/mol. The molecule has 3 rings (SSSR count). The average Bonchev–Trinajstić information content (AvgIpc) is 3.36. The van der Waals surface area contributed by atoms with E-state index >= 15 is 0 Å². The van der Waals surface area contributed by atoms with Gasteiger partial charge in [0.1, 0.15) is 5.75 Å². The lowest BCUT2D eigenvalue weighted by atomic mass is 9.86. The van der Waals surface area contributed by atoms with Gasteiger partial charge in [-0.2, -0.15) is 4.57 Å². The van der Waals surface area contributed by atoms with Gasteiger partial charge in [0.2, 0.25) is 5.51 Å². The Balaban J connectivity index is 1.47. The first-order valence-electron chi connectivity index (χ1n) is 15.9. The molecule has 0 spiro atoms. The molecule has 1 N–H and O–H groups in total. The molecule has 0 aliphatic heterocycles. The number of thiazole rings is 1. The molecule has 1 heterocycles. The molecule has 0 radical (unpaired) electrons. The number of anilines is 1. The van der Waals surface area contributed by atoms with Gasteiger partial charge in [-0.1, -0.05) is 128 Å². The predicted octanol–water partition coefficient (Wildman–Crippen LogP) is 10.0. The summed E-state index contributed by atoms with van der Waals surface area (Å²) in [6, 6.07) is 14.1. The van der Waals surface area contributed by atoms with Gasteiger partial charge in [-0.3, -0.25) is 4.79 Å². The molecule has 5 heteroatoms. The Morgan fingerprint density at radius 1 is 0.854 bits per heavy atom. The topological polar surface area (TPSA) is 42.2 Å². The Kier molecular flexibility index (Phi) is 13.9. The quantitative estimate of drug-likeness (QED) is 0.121. The van der Waals surface area contributed by atoms with E-state index in [1.54, 1.807) is 11.3 Å². The molecule has 0 fully saturated rings. The number of hydrogen-bond donors (Lipinski definition) is 1. The van der Waals surface area contributed by atoms with Crippen LogP contribution in [0.15, 0.2) is 54.2 Å². The maximum atomic E-state index is 13.3. The minimum atomic E-state index is -0.134. The van der Waals surface area contributed by atoms with Crippen LogP contribution in [0.5, 0.6) is 5.75 Å². The zero-order chi connectivity index (χ0) is 29.5. The third-order valence-corrected chi connectivity index (χ3v) is 8.50. The summed E-state index contributed by atoms with van der Waals surface area (Å²) in [5.41, 5.74) is 5.86. The summed E-state index contributed by atoms with van der Waals surface area (Å²) in [7, 11) is 0. The van der Waals surface area contributed by atoms with Crippen molar-refractivity contribution in [3.05, 3.63) is 75.7 Å². The lowest BCUT2D eigenvalue weighted by molar-refractivity contribution is -0.683. The minimum absolute atomic E-state index is 0.0159. The van der Waals surface area contributed by atoms with E-state index < -0.39 is 0 Å². The normalized spacial score (nSPS) is 11.5. The van der Waals surface area contributed by atoms with Gasteiger partial charge in [0.15, 0.2) is 12.7 Å². The molecule has 1 aromatic heterocycles. The van der Waals surface area contributed by atoms with Crippen molar-refractivity contribution in [3.63, 3.8) is 0 Å². The van der Waals surface area contributed by atoms with E-state index in [1.807, 2.05) is 18.2 Å². The van der Waals surface area contributed by atoms with Crippen molar-refractivity contribution < 1.29 is 14.1 Å². The lowest BCUT2D eigenvalue weighted by Crippen LogP contribution is -2.30. The first-order valence-corrected chi connectivity index (χ1v) is 16.8. The number of ether oxygens (including phenoxy) is 1. The van der Waals surface area contributed by atoms with Crippen LogP contribution in [0.3, 0.4) is 0 Å². The number of carbonyl (C=O) groups excluding carboxylic acids is 1. The summed E-state index contributed by atoms with van der Waals surface area (Å²) in [6.45, 7) is 12.4. The van der Waals surface area contributed by atoms with Crippen molar-refractivity contribution in [2.45, 2.75) is 124 Å². The first kappa shape index (κ1) is 32.8. The molecule has 2 aromatic carbocycles. The monoisotopic (exact) mass is 577 g/mol. The van der Waals surface area contributed by atoms with Crippen LogP contribution in [0.4, 0.5) is 5.69 Å². The highest BCUT2D eigenvalue weighted by atomic mass is 32.1. The molecule has 1 amide bonds. The third kappa shape index (κ3) is 12.0. The zero-order valence-corrected chi connectivity index (χ0v) is 27.1. The number of benzene rings is 2. The second kappa shape index (κ2) is 17.3. The SMILES string of the molecule is CCCCCCCCCCCCCCOc1cc(C(C)(C)C)ccc1C(=O)Nc1ccc(C[n+]2csc(C)c2)cc1. The third-order valence-electron chi connectivity index (χ3n) is 7.65. The van der Waals surface area contributed by atoms with Crippen LogP contribution >= 0.6 is 11.3 Å². The highest BCUT2D eigenvalue weighted by molar-refractivity contribution is 7.09. The van der Waals surface area contributed by atoms with Crippen LogP contribution in [0.2, 0.25) is 0 Å². The van der Waals surface area contributed by atoms with Gasteiger partial charge in [-0.15, -0.1) is 0 Å². The molecule has 0 bridgehead atoms. The minimum Gasteiger partial charge on any atom is -0.493 e. The van der Waals surface area contributed by atoms with Crippen molar-refractivity contribution in [2.24, 2.45) is 0 Å². The van der Waals surface area contributed by atoms with E-state index in [-0.39, 0.29) is 11.3 Å². The fraction of sp³-hybridized carbons (Fsp3) is 0.556. The maximum Gasteiger partial charge on any atom is 0.259 e. The van der Waals surface area contributed by atoms with Crippen molar-refractivity contribution in [1.29, 1.82) is 0 Å². The van der Waals surface area contributed by atoms with Gasteiger partial charge >= 0.3 is 0 Å². The fourth-order valence-corrected chi connectivity index (χ4v) is 5.69. The van der Waals surface area contributed by atoms with E-state index in [9.17, 15) is 4.79 Å². The molecule has 0 aliphatic rings. The predicted molar refractivity (Wildman–Crippen MR) is 174 cm³/mol. The summed E-state index contributed by atoms with van der Waals surface area (Å²) in [5.74, 6) is 0.546. The molecular formula is C36H53N2O2S+. The van der Waals surface area contributed by atoms with Crippen LogP contribution < -0.4 is 14.6 Å². The molecule has 0 atom stereocenters. The number of rotatable bonds is 18. The first-order chi connectivity index (χ1) is 19.8. The molecule has 0 saturated carbocycles. The largest absolute Gasteiger partial charge is 0.493 e. The smallest absolute Gasteiger partial charge is 0.259 e. The summed E-state index contributed by atoms with van der Waals surface area (Å²) in [5, 5.41) is 3.08. The second-order valence-corrected chi connectivity index (χ2v) is 13.6. The van der Waals surface area contributed by atoms with E-state index in [0.29, 0.717) is 17.9 Å². The van der Waals surface area contributed by atoms with Crippen molar-refractivity contribution in [2.75, 3.05) is 11.9 Å². The van der Waals surface area contributed by atoms with Gasteiger partial charge in [-0.05, 0) is 48.6 Å². The van der Waals surface area contributed by atoms with Crippen LogP contribution in [0.1, 0.15) is 131 Å². The molecule has 224 valence electrons. The number of nitrogens with one attached hydrogen (secondary N) is 1. The number of nitrogens with zero attached hydrogens (tertiary/aromatic N) is 1. The van der Waals surface area contributed by atoms with Gasteiger partial charge in [0, 0.05) is 11.3 Å². The Bertz CT molecular complexity index is 1180. The number of hydrogen-bond acceptors (Lipinski definition) is 3. The molecule has 0 unspecified atom stereocenters. The van der Waals surface area contributed by atoms with E-state index in [1.165, 1.54) is 86.6 Å². The molecule has 0 aliphatic carbocycles. The van der Waals surface area contributed by atoms with E-state index in [4.69, 9.17) is 4.74 Å². The van der Waals surface area contributed by atoms with Gasteiger partial charge < -0.3 is 10.1 Å². The zero-order valence-electron chi connectivity index (χ0n) is 26.3. The summed E-state index contributed by atoms with van der Waals surface area (Å²) in [4.78, 5) is 14.6. The Hall–Kier alpha value is -2.66. The van der Waals surface area contributed by atoms with Crippen LogP contribution in [-0.4, -0.2) is 12.5 Å². The van der Waals surface area contributed by atoms with Crippen LogP contribution in [-0.2, 0) is 12.0 Å². The Morgan fingerprint density at radius 2 is 1.46 bits per heavy atom. The maximum absolute atomic E-state index is 13.3. The van der Waals surface area contributed by atoms with Crippen molar-refractivity contribution >= 4 is 22.9 Å². The summed E-state index contributed by atoms with van der Waals surface area (Å²) < 4.78 is 8.43. The van der Waals surface area contributed by atoms with E-state index in [0.717, 1.165) is 18.7 Å². The molecule has 3 aromatic rings. The Labute approximate surface area is 253 Å². The second-order valence-electron chi connectivity index (χ2n) is 12.5. The highest BCUT2D eigenvalue weighted by Crippen LogP contribution is 2.29. The van der Waals surface area contributed by atoms with Crippen LogP contribution in [0.25, 0.3) is 0 Å². The highest BCUT2D eigenvalue weighted by Gasteiger charge is 2.19. The molecule has 4 nitrogen and oxygen atoms in total. The fourth-order valence-electron chi connectivity index (χ4n) is 5.05. The molecule has 41 heavy (non-hydrogen) atoms. The van der Waals surface area contributed by atoms with Gasteiger partial charge in [0.05, 0.1) is 17.0 Å². The Morgan fingerprint density at radius 3 is 2.02 bits per heavy atom. The molecule has 0 saturated heterocycles. The number of aromatic nitrogens is 1. The summed E-state index contributed by atoms with van der Waals surface area (Å²) >= 11 is 1.75. The summed E-state index contributed by atoms with van der Waals surface area (Å²) in [6.07, 6.45) is 17.9. The van der Waals surface area contributed by atoms with Crippen molar-refractivity contribution in [3.8, 4) is 5.75 Å². The standard InChI is InChI=1S/C36H52N2O2S/c1-6-7-8-9-10-11-12-13-14-15-16-17-24-40-34-25-31(36(3,4)5)20-23-33(34)35(39)37-32-21-18-30(19-22-32)27-38-26-29(2)41-28-38/h18-23,25-26,28H,6-17,24,27H2,1-5H3/p+1. The lowest BCUT2D eigenvalue weighted by Gasteiger charge is -2.21. The van der Waals surface area contributed by atoms with Gasteiger partial charge in [0.25, 0.3) is 5.91 Å². The van der Waals surface area contributed by atoms with E-state index in [2.05, 4.69) is 80.5 Å². The average molecular weight is 578 g/mol. The number of unbranched alkanes of at least 4 members (excludes halogenated alkanes) is 11. The van der Waals surface area contributed by atoms with Crippen LogP contribution in [0, 0.1) is 6.92 Å². The van der Waals surface area contributed by atoms with Gasteiger partial charge in [-0.25, -0.2) is 0 Å². The number of aryl methyl sites for hydroxylation is 1. The number of amides is 1. The number of carbonyl (C=O) groups is 1.